The van der Waals surface area contributed by atoms with E-state index in [2.05, 4.69) is 10.3 Å². The van der Waals surface area contributed by atoms with Crippen molar-refractivity contribution in [2.24, 2.45) is 0 Å². The Morgan fingerprint density at radius 1 is 1.38 bits per heavy atom. The molecule has 0 aliphatic rings. The molecule has 7 heteroatoms. The van der Waals surface area contributed by atoms with E-state index >= 15 is 0 Å². The summed E-state index contributed by atoms with van der Waals surface area (Å²) in [5, 5.41) is 2.23. The highest BCUT2D eigenvalue weighted by molar-refractivity contribution is 5.96. The zero-order valence-electron chi connectivity index (χ0n) is 6.80. The number of anilines is 1. The van der Waals surface area contributed by atoms with Crippen LogP contribution in [0.5, 0.6) is 0 Å². The van der Waals surface area contributed by atoms with E-state index in [0.29, 0.717) is 0 Å². The molecular formula is C6H8N4O3. The molecule has 0 aliphatic heterocycles. The fraction of sp³-hybridized carbons (Fsp3) is 0.167. The van der Waals surface area contributed by atoms with Gasteiger partial charge >= 0.3 is 5.69 Å². The number of nitrogens with one attached hydrogen (secondary N) is 3. The SMILES string of the molecule is CNC(=O)c1[nH]c(=O)[nH]c(=O)c1N. The number of nitrogens with two attached hydrogens (primary N) is 1. The highest BCUT2D eigenvalue weighted by atomic mass is 16.2. The minimum atomic E-state index is -0.776. The minimum Gasteiger partial charge on any atom is -0.392 e. The van der Waals surface area contributed by atoms with Crippen LogP contribution in [0.1, 0.15) is 10.5 Å². The van der Waals surface area contributed by atoms with E-state index in [4.69, 9.17) is 5.73 Å². The summed E-state index contributed by atoms with van der Waals surface area (Å²) in [5.74, 6) is -0.610. The number of aromatic amines is 2. The number of hydrogen-bond donors (Lipinski definition) is 4. The third kappa shape index (κ3) is 1.58. The Labute approximate surface area is 72.0 Å². The van der Waals surface area contributed by atoms with Crippen molar-refractivity contribution in [1.29, 1.82) is 0 Å². The van der Waals surface area contributed by atoms with E-state index in [1.54, 1.807) is 0 Å². The number of aromatic nitrogens is 2. The normalized spacial score (nSPS) is 9.62. The Balaban J connectivity index is 3.46. The summed E-state index contributed by atoms with van der Waals surface area (Å²) in [5.41, 5.74) is 3.18. The molecule has 0 saturated carbocycles. The molecule has 70 valence electrons. The van der Waals surface area contributed by atoms with Gasteiger partial charge in [0.25, 0.3) is 11.5 Å². The summed E-state index contributed by atoms with van der Waals surface area (Å²) in [6.45, 7) is 0. The van der Waals surface area contributed by atoms with E-state index < -0.39 is 17.2 Å². The van der Waals surface area contributed by atoms with Gasteiger partial charge in [0.2, 0.25) is 0 Å². The van der Waals surface area contributed by atoms with Crippen molar-refractivity contribution >= 4 is 11.6 Å². The molecule has 1 aromatic rings. The van der Waals surface area contributed by atoms with Gasteiger partial charge in [-0.3, -0.25) is 14.6 Å². The topological polar surface area (TPSA) is 121 Å². The van der Waals surface area contributed by atoms with Crippen LogP contribution in [0.25, 0.3) is 0 Å². The van der Waals surface area contributed by atoms with Gasteiger partial charge in [0.1, 0.15) is 11.4 Å². The number of rotatable bonds is 1. The van der Waals surface area contributed by atoms with Gasteiger partial charge in [-0.2, -0.15) is 0 Å². The summed E-state index contributed by atoms with van der Waals surface area (Å²) in [7, 11) is 1.36. The number of amides is 1. The lowest BCUT2D eigenvalue weighted by Crippen LogP contribution is -2.32. The van der Waals surface area contributed by atoms with Gasteiger partial charge in [-0.15, -0.1) is 0 Å². The summed E-state index contributed by atoms with van der Waals surface area (Å²) in [6.07, 6.45) is 0. The van der Waals surface area contributed by atoms with Gasteiger partial charge < -0.3 is 16.0 Å². The standard InChI is InChI=1S/C6H8N4O3/c1-8-5(12)3-2(7)4(11)10-6(13)9-3/h7H2,1H3,(H,8,12)(H2,9,10,11,13). The average Bonchev–Trinajstić information content (AvgIpc) is 2.10. The van der Waals surface area contributed by atoms with Crippen molar-refractivity contribution in [3.05, 3.63) is 26.5 Å². The molecule has 1 aromatic heterocycles. The first-order chi connectivity index (χ1) is 6.06. The second kappa shape index (κ2) is 3.13. The molecule has 0 spiro atoms. The van der Waals surface area contributed by atoms with Gasteiger partial charge in [0, 0.05) is 7.05 Å². The quantitative estimate of drug-likeness (QED) is 0.403. The van der Waals surface area contributed by atoms with Crippen LogP contribution < -0.4 is 22.3 Å². The van der Waals surface area contributed by atoms with Crippen LogP contribution in [0.4, 0.5) is 5.69 Å². The minimum absolute atomic E-state index is 0.226. The smallest absolute Gasteiger partial charge is 0.326 e. The highest BCUT2D eigenvalue weighted by Crippen LogP contribution is 1.96. The Morgan fingerprint density at radius 2 is 2.00 bits per heavy atom. The van der Waals surface area contributed by atoms with Crippen LogP contribution in [0.3, 0.4) is 0 Å². The van der Waals surface area contributed by atoms with Crippen LogP contribution in [-0.2, 0) is 0 Å². The van der Waals surface area contributed by atoms with E-state index in [9.17, 15) is 14.4 Å². The lowest BCUT2D eigenvalue weighted by Gasteiger charge is -2.00. The van der Waals surface area contributed by atoms with Crippen molar-refractivity contribution in [3.63, 3.8) is 0 Å². The Kier molecular flexibility index (Phi) is 2.18. The molecular weight excluding hydrogens is 176 g/mol. The summed E-state index contributed by atoms with van der Waals surface area (Å²) >= 11 is 0. The van der Waals surface area contributed by atoms with Gasteiger partial charge in [-0.25, -0.2) is 4.79 Å². The lowest BCUT2D eigenvalue weighted by molar-refractivity contribution is 0.0958. The number of carbonyl (C=O) groups excluding carboxylic acids is 1. The van der Waals surface area contributed by atoms with Crippen LogP contribution in [0.2, 0.25) is 0 Å². The zero-order chi connectivity index (χ0) is 10.0. The fourth-order valence-corrected chi connectivity index (χ4v) is 0.800. The molecule has 0 aliphatic carbocycles. The molecule has 1 rings (SSSR count). The van der Waals surface area contributed by atoms with E-state index in [1.165, 1.54) is 7.05 Å². The molecule has 0 radical (unpaired) electrons. The molecule has 0 unspecified atom stereocenters. The first-order valence-corrected chi connectivity index (χ1v) is 3.40. The van der Waals surface area contributed by atoms with E-state index in [0.717, 1.165) is 0 Å². The lowest BCUT2D eigenvalue weighted by atomic mass is 10.3. The van der Waals surface area contributed by atoms with Gasteiger partial charge in [0.05, 0.1) is 0 Å². The molecule has 1 heterocycles. The monoisotopic (exact) mass is 184 g/mol. The molecule has 13 heavy (non-hydrogen) atoms. The molecule has 7 nitrogen and oxygen atoms in total. The molecule has 0 bridgehead atoms. The Morgan fingerprint density at radius 3 is 2.54 bits per heavy atom. The number of hydrogen-bond acceptors (Lipinski definition) is 4. The highest BCUT2D eigenvalue weighted by Gasteiger charge is 2.11. The van der Waals surface area contributed by atoms with Gasteiger partial charge in [-0.05, 0) is 0 Å². The molecule has 0 saturated heterocycles. The molecule has 1 amide bonds. The predicted molar refractivity (Wildman–Crippen MR) is 45.5 cm³/mol. The molecule has 0 aromatic carbocycles. The van der Waals surface area contributed by atoms with Crippen molar-refractivity contribution in [2.75, 3.05) is 12.8 Å². The van der Waals surface area contributed by atoms with Crippen molar-refractivity contribution in [2.45, 2.75) is 0 Å². The predicted octanol–water partition coefficient (Wildman–Crippen LogP) is -1.99. The molecule has 5 N–H and O–H groups in total. The van der Waals surface area contributed by atoms with E-state index in [-0.39, 0.29) is 11.4 Å². The first kappa shape index (κ1) is 9.04. The first-order valence-electron chi connectivity index (χ1n) is 3.40. The number of nitrogen functional groups attached to an aromatic ring is 1. The molecule has 0 atom stereocenters. The second-order valence-corrected chi connectivity index (χ2v) is 2.28. The van der Waals surface area contributed by atoms with Crippen LogP contribution in [0.15, 0.2) is 9.59 Å². The van der Waals surface area contributed by atoms with Crippen LogP contribution >= 0.6 is 0 Å². The summed E-state index contributed by atoms with van der Waals surface area (Å²) < 4.78 is 0. The second-order valence-electron chi connectivity index (χ2n) is 2.28. The van der Waals surface area contributed by atoms with Crippen LogP contribution in [-0.4, -0.2) is 22.9 Å². The van der Waals surface area contributed by atoms with Gasteiger partial charge in [-0.1, -0.05) is 0 Å². The Hall–Kier alpha value is -2.05. The largest absolute Gasteiger partial charge is 0.392 e. The maximum atomic E-state index is 11.0. The number of H-pyrrole nitrogens is 2. The maximum absolute atomic E-state index is 11.0. The molecule has 0 fully saturated rings. The zero-order valence-corrected chi connectivity index (χ0v) is 6.80. The van der Waals surface area contributed by atoms with Crippen molar-refractivity contribution < 1.29 is 4.79 Å². The Bertz CT molecular complexity index is 444. The third-order valence-electron chi connectivity index (χ3n) is 1.43. The maximum Gasteiger partial charge on any atom is 0.326 e. The fourth-order valence-electron chi connectivity index (χ4n) is 0.800. The summed E-state index contributed by atoms with van der Waals surface area (Å²) in [4.78, 5) is 36.7. The third-order valence-corrected chi connectivity index (χ3v) is 1.43. The average molecular weight is 184 g/mol. The van der Waals surface area contributed by atoms with E-state index in [1.807, 2.05) is 4.98 Å². The van der Waals surface area contributed by atoms with Gasteiger partial charge in [0.15, 0.2) is 0 Å². The van der Waals surface area contributed by atoms with Crippen LogP contribution in [0, 0.1) is 0 Å². The summed E-state index contributed by atoms with van der Waals surface area (Å²) in [6, 6.07) is 0. The number of carbonyl (C=O) groups is 1. The van der Waals surface area contributed by atoms with Crippen molar-refractivity contribution in [3.8, 4) is 0 Å². The van der Waals surface area contributed by atoms with Crippen molar-refractivity contribution in [1.82, 2.24) is 15.3 Å².